The summed E-state index contributed by atoms with van der Waals surface area (Å²) in [5.74, 6) is 0.315. The molecule has 3 N–H and O–H groups in total. The number of carbonyl (C=O) groups is 1. The Balaban J connectivity index is 0. The van der Waals surface area contributed by atoms with Crippen LogP contribution in [0.1, 0.15) is 12.8 Å². The zero-order valence-electron chi connectivity index (χ0n) is 8.19. The monoisotopic (exact) mass is 244 g/mol. The van der Waals surface area contributed by atoms with Crippen LogP contribution < -0.4 is 11.1 Å². The van der Waals surface area contributed by atoms with E-state index in [2.05, 4.69) is 10.1 Å². The molecular weight excluding hydrogens is 227 g/mol. The molecular formula is C8H18Cl2N2O2. The van der Waals surface area contributed by atoms with Crippen molar-refractivity contribution in [1.29, 1.82) is 0 Å². The van der Waals surface area contributed by atoms with E-state index >= 15 is 0 Å². The van der Waals surface area contributed by atoms with Gasteiger partial charge in [-0.2, -0.15) is 0 Å². The van der Waals surface area contributed by atoms with Crippen LogP contribution in [0.3, 0.4) is 0 Å². The fraction of sp³-hybridized carbons (Fsp3) is 0.875. The second-order valence-electron chi connectivity index (χ2n) is 3.08. The number of ether oxygens (including phenoxy) is 1. The second-order valence-corrected chi connectivity index (χ2v) is 3.08. The SMILES string of the molecule is COC(=O)C(NCCN)C1CC1.Cl.Cl. The van der Waals surface area contributed by atoms with E-state index in [1.54, 1.807) is 0 Å². The smallest absolute Gasteiger partial charge is 0.323 e. The number of nitrogens with one attached hydrogen (secondary N) is 1. The summed E-state index contributed by atoms with van der Waals surface area (Å²) < 4.78 is 4.67. The summed E-state index contributed by atoms with van der Waals surface area (Å²) in [7, 11) is 1.42. The fourth-order valence-electron chi connectivity index (χ4n) is 1.24. The van der Waals surface area contributed by atoms with Gasteiger partial charge in [-0.15, -0.1) is 24.8 Å². The average Bonchev–Trinajstić information content (AvgIpc) is 2.88. The Morgan fingerprint density at radius 1 is 1.57 bits per heavy atom. The van der Waals surface area contributed by atoms with Gasteiger partial charge in [-0.25, -0.2) is 0 Å². The fourth-order valence-corrected chi connectivity index (χ4v) is 1.24. The number of esters is 1. The summed E-state index contributed by atoms with van der Waals surface area (Å²) in [6.07, 6.45) is 2.24. The van der Waals surface area contributed by atoms with Gasteiger partial charge in [0, 0.05) is 13.1 Å². The molecule has 6 heteroatoms. The summed E-state index contributed by atoms with van der Waals surface area (Å²) in [6.45, 7) is 1.23. The third kappa shape index (κ3) is 5.00. The van der Waals surface area contributed by atoms with E-state index in [1.807, 2.05) is 0 Å². The number of nitrogens with two attached hydrogens (primary N) is 1. The molecule has 0 aromatic heterocycles. The van der Waals surface area contributed by atoms with Crippen molar-refractivity contribution in [3.63, 3.8) is 0 Å². The predicted molar refractivity (Wildman–Crippen MR) is 60.1 cm³/mol. The van der Waals surface area contributed by atoms with Crippen molar-refractivity contribution >= 4 is 30.8 Å². The molecule has 0 saturated heterocycles. The van der Waals surface area contributed by atoms with Crippen molar-refractivity contribution in [2.45, 2.75) is 18.9 Å². The summed E-state index contributed by atoms with van der Waals surface area (Å²) in [4.78, 5) is 11.2. The zero-order valence-corrected chi connectivity index (χ0v) is 9.83. The molecule has 1 aliphatic rings. The van der Waals surface area contributed by atoms with Gasteiger partial charge in [0.15, 0.2) is 0 Å². The Bertz CT molecular complexity index is 165. The summed E-state index contributed by atoms with van der Waals surface area (Å²) in [5, 5.41) is 3.08. The third-order valence-electron chi connectivity index (χ3n) is 2.06. The highest BCUT2D eigenvalue weighted by atomic mass is 35.5. The lowest BCUT2D eigenvalue weighted by Gasteiger charge is -2.14. The summed E-state index contributed by atoms with van der Waals surface area (Å²) in [6, 6.07) is -0.126. The van der Waals surface area contributed by atoms with Crippen LogP contribution in [0.5, 0.6) is 0 Å². The van der Waals surface area contributed by atoms with Crippen LogP contribution in [0.4, 0.5) is 0 Å². The first-order chi connectivity index (χ1) is 5.79. The third-order valence-corrected chi connectivity index (χ3v) is 2.06. The zero-order chi connectivity index (χ0) is 8.97. The molecule has 1 unspecified atom stereocenters. The highest BCUT2D eigenvalue weighted by molar-refractivity contribution is 5.85. The molecule has 1 saturated carbocycles. The predicted octanol–water partition coefficient (Wildman–Crippen LogP) is 0.330. The summed E-state index contributed by atoms with van der Waals surface area (Å²) >= 11 is 0. The van der Waals surface area contributed by atoms with Gasteiger partial charge in [-0.1, -0.05) is 0 Å². The van der Waals surface area contributed by atoms with Crippen LogP contribution in [0.25, 0.3) is 0 Å². The molecule has 86 valence electrons. The van der Waals surface area contributed by atoms with Crippen LogP contribution in [-0.2, 0) is 9.53 Å². The van der Waals surface area contributed by atoms with E-state index in [0.717, 1.165) is 12.8 Å². The van der Waals surface area contributed by atoms with Crippen LogP contribution in [-0.4, -0.2) is 32.2 Å². The van der Waals surface area contributed by atoms with Gasteiger partial charge in [0.2, 0.25) is 0 Å². The quantitative estimate of drug-likeness (QED) is 0.685. The maximum atomic E-state index is 11.2. The highest BCUT2D eigenvalue weighted by Gasteiger charge is 2.36. The lowest BCUT2D eigenvalue weighted by molar-refractivity contribution is -0.143. The molecule has 0 aromatic carbocycles. The van der Waals surface area contributed by atoms with Crippen LogP contribution in [0.15, 0.2) is 0 Å². The van der Waals surface area contributed by atoms with Crippen molar-refractivity contribution in [2.24, 2.45) is 11.7 Å². The number of methoxy groups -OCH3 is 1. The lowest BCUT2D eigenvalue weighted by atomic mass is 10.2. The lowest BCUT2D eigenvalue weighted by Crippen LogP contribution is -2.41. The highest BCUT2D eigenvalue weighted by Crippen LogP contribution is 2.32. The first-order valence-electron chi connectivity index (χ1n) is 4.31. The molecule has 1 fully saturated rings. The Kier molecular flexibility index (Phi) is 9.72. The first-order valence-corrected chi connectivity index (χ1v) is 4.31. The molecule has 0 amide bonds. The van der Waals surface area contributed by atoms with Gasteiger partial charge in [-0.3, -0.25) is 4.79 Å². The van der Waals surface area contributed by atoms with Gasteiger partial charge in [0.1, 0.15) is 6.04 Å². The van der Waals surface area contributed by atoms with Crippen molar-refractivity contribution in [3.05, 3.63) is 0 Å². The molecule has 0 spiro atoms. The van der Waals surface area contributed by atoms with E-state index in [0.29, 0.717) is 19.0 Å². The minimum absolute atomic E-state index is 0. The molecule has 1 atom stereocenters. The van der Waals surface area contributed by atoms with Crippen LogP contribution >= 0.6 is 24.8 Å². The van der Waals surface area contributed by atoms with E-state index < -0.39 is 0 Å². The van der Waals surface area contributed by atoms with Gasteiger partial charge in [0.05, 0.1) is 7.11 Å². The van der Waals surface area contributed by atoms with E-state index in [1.165, 1.54) is 7.11 Å². The molecule has 0 heterocycles. The minimum atomic E-state index is -0.161. The molecule has 1 aliphatic carbocycles. The topological polar surface area (TPSA) is 64.3 Å². The van der Waals surface area contributed by atoms with Gasteiger partial charge < -0.3 is 15.8 Å². The van der Waals surface area contributed by atoms with E-state index in [-0.39, 0.29) is 36.8 Å². The average molecular weight is 245 g/mol. The van der Waals surface area contributed by atoms with E-state index in [4.69, 9.17) is 5.73 Å². The minimum Gasteiger partial charge on any atom is -0.468 e. The Morgan fingerprint density at radius 3 is 2.50 bits per heavy atom. The van der Waals surface area contributed by atoms with Gasteiger partial charge in [0.25, 0.3) is 0 Å². The van der Waals surface area contributed by atoms with Crippen molar-refractivity contribution < 1.29 is 9.53 Å². The molecule has 0 aromatic rings. The maximum absolute atomic E-state index is 11.2. The normalized spacial score (nSPS) is 16.1. The van der Waals surface area contributed by atoms with Crippen LogP contribution in [0.2, 0.25) is 0 Å². The standard InChI is InChI=1S/C8H16N2O2.2ClH/c1-12-8(11)7(6-2-3-6)10-5-4-9;;/h6-7,10H,2-5,9H2,1H3;2*1H. The van der Waals surface area contributed by atoms with Crippen molar-refractivity contribution in [2.75, 3.05) is 20.2 Å². The maximum Gasteiger partial charge on any atom is 0.323 e. The Morgan fingerprint density at radius 2 is 2.14 bits per heavy atom. The first kappa shape index (κ1) is 16.4. The molecule has 14 heavy (non-hydrogen) atoms. The largest absolute Gasteiger partial charge is 0.468 e. The summed E-state index contributed by atoms with van der Waals surface area (Å²) in [5.41, 5.74) is 5.32. The number of hydrogen-bond donors (Lipinski definition) is 2. The Hall–Kier alpha value is -0.0300. The van der Waals surface area contributed by atoms with E-state index in [9.17, 15) is 4.79 Å². The second kappa shape index (κ2) is 8.29. The van der Waals surface area contributed by atoms with Crippen LogP contribution in [0, 0.1) is 5.92 Å². The molecule has 4 nitrogen and oxygen atoms in total. The van der Waals surface area contributed by atoms with Gasteiger partial charge in [-0.05, 0) is 18.8 Å². The van der Waals surface area contributed by atoms with Crippen molar-refractivity contribution in [1.82, 2.24) is 5.32 Å². The number of halogens is 2. The van der Waals surface area contributed by atoms with Gasteiger partial charge >= 0.3 is 5.97 Å². The molecule has 1 rings (SSSR count). The molecule has 0 aliphatic heterocycles. The molecule has 0 radical (unpaired) electrons. The number of hydrogen-bond acceptors (Lipinski definition) is 4. The molecule has 0 bridgehead atoms. The number of rotatable bonds is 5. The number of carbonyl (C=O) groups excluding carboxylic acids is 1. The van der Waals surface area contributed by atoms with Crippen molar-refractivity contribution in [3.8, 4) is 0 Å². The Labute approximate surface area is 96.8 Å².